The molecule has 0 aliphatic rings. The van der Waals surface area contributed by atoms with Gasteiger partial charge in [-0.2, -0.15) is 0 Å². The fraction of sp³-hybridized carbons (Fsp3) is 0.133. The van der Waals surface area contributed by atoms with E-state index >= 15 is 0 Å². The first-order chi connectivity index (χ1) is 10.1. The molecule has 2 aromatic carbocycles. The molecule has 0 bridgehead atoms. The van der Waals surface area contributed by atoms with Crippen LogP contribution in [0.5, 0.6) is 0 Å². The third-order valence-electron chi connectivity index (χ3n) is 2.67. The molecule has 0 saturated heterocycles. The molecule has 0 heterocycles. The van der Waals surface area contributed by atoms with Crippen LogP contribution in [0, 0.1) is 5.82 Å². The van der Waals surface area contributed by atoms with Crippen molar-refractivity contribution in [3.63, 3.8) is 0 Å². The number of anilines is 1. The van der Waals surface area contributed by atoms with Crippen molar-refractivity contribution in [3.8, 4) is 0 Å². The van der Waals surface area contributed by atoms with Gasteiger partial charge in [0.2, 0.25) is 0 Å². The number of rotatable bonds is 4. The maximum atomic E-state index is 13.1. The molecule has 2 rings (SSSR count). The van der Waals surface area contributed by atoms with E-state index in [4.69, 9.17) is 10.5 Å². The number of benzene rings is 2. The second-order valence-electron chi connectivity index (χ2n) is 4.31. The molecule has 0 saturated carbocycles. The summed E-state index contributed by atoms with van der Waals surface area (Å²) in [4.78, 5) is 12.5. The van der Waals surface area contributed by atoms with E-state index in [9.17, 15) is 9.18 Å². The molecular weight excluding hydrogens is 291 g/mol. The first kappa shape index (κ1) is 15.2. The minimum atomic E-state index is -0.480. The molecule has 0 spiro atoms. The third-order valence-corrected chi connectivity index (χ3v) is 3.56. The fourth-order valence-electron chi connectivity index (χ4n) is 1.58. The first-order valence-corrected chi connectivity index (χ1v) is 7.01. The number of amides is 1. The van der Waals surface area contributed by atoms with Crippen molar-refractivity contribution < 1.29 is 13.9 Å². The molecule has 6 heteroatoms. The summed E-state index contributed by atoms with van der Waals surface area (Å²) in [5.41, 5.74) is 6.44. The molecule has 2 N–H and O–H groups in total. The summed E-state index contributed by atoms with van der Waals surface area (Å²) >= 11 is 1.12. The number of carbonyl (C=O) groups excluding carboxylic acids is 1. The van der Waals surface area contributed by atoms with E-state index < -0.39 is 11.9 Å². The Kier molecular flexibility index (Phi) is 5.05. The standard InChI is InChI=1S/C15H15FN2O2S/c1-18(21-12-7-8-13(16)14(17)9-12)15(19)20-10-11-5-3-2-4-6-11/h2-9H,10,17H2,1H3. The molecule has 4 nitrogen and oxygen atoms in total. The second kappa shape index (κ2) is 6.99. The van der Waals surface area contributed by atoms with Gasteiger partial charge in [0.15, 0.2) is 0 Å². The normalized spacial score (nSPS) is 10.2. The highest BCUT2D eigenvalue weighted by molar-refractivity contribution is 7.97. The van der Waals surface area contributed by atoms with E-state index in [1.807, 2.05) is 30.3 Å². The average Bonchev–Trinajstić information content (AvgIpc) is 2.49. The van der Waals surface area contributed by atoms with Gasteiger partial charge in [0, 0.05) is 11.9 Å². The summed E-state index contributed by atoms with van der Waals surface area (Å²) in [6.45, 7) is 0.204. The van der Waals surface area contributed by atoms with Gasteiger partial charge >= 0.3 is 6.09 Å². The van der Waals surface area contributed by atoms with Gasteiger partial charge in [0.05, 0.1) is 5.69 Å². The Balaban J connectivity index is 1.88. The van der Waals surface area contributed by atoms with Crippen molar-refractivity contribution in [1.82, 2.24) is 4.31 Å². The number of carbonyl (C=O) groups is 1. The second-order valence-corrected chi connectivity index (χ2v) is 5.51. The summed E-state index contributed by atoms with van der Waals surface area (Å²) in [5.74, 6) is -0.478. The van der Waals surface area contributed by atoms with Crippen LogP contribution in [0.3, 0.4) is 0 Å². The van der Waals surface area contributed by atoms with E-state index in [1.165, 1.54) is 16.4 Å². The molecule has 1 amide bonds. The highest BCUT2D eigenvalue weighted by Crippen LogP contribution is 2.25. The summed E-state index contributed by atoms with van der Waals surface area (Å²) in [6, 6.07) is 13.7. The van der Waals surface area contributed by atoms with Crippen LogP contribution in [0.25, 0.3) is 0 Å². The summed E-state index contributed by atoms with van der Waals surface area (Å²) in [6.07, 6.45) is -0.480. The van der Waals surface area contributed by atoms with Crippen LogP contribution < -0.4 is 5.73 Å². The van der Waals surface area contributed by atoms with Gasteiger partial charge < -0.3 is 10.5 Å². The minimum Gasteiger partial charge on any atom is -0.444 e. The molecule has 2 aromatic rings. The lowest BCUT2D eigenvalue weighted by molar-refractivity contribution is 0.126. The van der Waals surface area contributed by atoms with Gasteiger partial charge in [-0.15, -0.1) is 0 Å². The van der Waals surface area contributed by atoms with Crippen LogP contribution >= 0.6 is 11.9 Å². The number of ether oxygens (including phenoxy) is 1. The zero-order valence-corrected chi connectivity index (χ0v) is 12.3. The van der Waals surface area contributed by atoms with Crippen LogP contribution in [0.4, 0.5) is 14.9 Å². The zero-order valence-electron chi connectivity index (χ0n) is 11.5. The van der Waals surface area contributed by atoms with Gasteiger partial charge in [-0.25, -0.2) is 9.18 Å². The Bertz CT molecular complexity index is 622. The summed E-state index contributed by atoms with van der Waals surface area (Å²) in [5, 5.41) is 0. The van der Waals surface area contributed by atoms with E-state index in [-0.39, 0.29) is 12.3 Å². The average molecular weight is 306 g/mol. The molecule has 0 atom stereocenters. The van der Waals surface area contributed by atoms with Crippen molar-refractivity contribution in [2.45, 2.75) is 11.5 Å². The maximum Gasteiger partial charge on any atom is 0.420 e. The lowest BCUT2D eigenvalue weighted by Crippen LogP contribution is -2.20. The lowest BCUT2D eigenvalue weighted by Gasteiger charge is -2.16. The number of nitrogens with zero attached hydrogens (tertiary/aromatic N) is 1. The van der Waals surface area contributed by atoms with Crippen LogP contribution in [0.2, 0.25) is 0 Å². The molecule has 110 valence electrons. The Morgan fingerprint density at radius 3 is 2.67 bits per heavy atom. The molecule has 0 fully saturated rings. The van der Waals surface area contributed by atoms with Gasteiger partial charge in [0.25, 0.3) is 0 Å². The predicted octanol–water partition coefficient (Wildman–Crippen LogP) is 3.68. The van der Waals surface area contributed by atoms with Crippen LogP contribution in [0.1, 0.15) is 5.56 Å². The number of hydrogen-bond donors (Lipinski definition) is 1. The van der Waals surface area contributed by atoms with E-state index in [1.54, 1.807) is 13.1 Å². The van der Waals surface area contributed by atoms with Crippen molar-refractivity contribution in [2.75, 3.05) is 12.8 Å². The van der Waals surface area contributed by atoms with Gasteiger partial charge in [-0.1, -0.05) is 30.3 Å². The Morgan fingerprint density at radius 1 is 1.29 bits per heavy atom. The zero-order chi connectivity index (χ0) is 15.2. The molecular formula is C15H15FN2O2S. The molecule has 0 aromatic heterocycles. The van der Waals surface area contributed by atoms with E-state index in [2.05, 4.69) is 0 Å². The number of nitrogen functional groups attached to an aromatic ring is 1. The van der Waals surface area contributed by atoms with E-state index in [0.29, 0.717) is 4.90 Å². The van der Waals surface area contributed by atoms with Crippen molar-refractivity contribution in [2.24, 2.45) is 0 Å². The number of nitrogens with two attached hydrogens (primary N) is 1. The van der Waals surface area contributed by atoms with Crippen LogP contribution in [0.15, 0.2) is 53.4 Å². The molecule has 0 aliphatic heterocycles. The summed E-state index contributed by atoms with van der Waals surface area (Å²) in [7, 11) is 1.58. The Morgan fingerprint density at radius 2 is 2.00 bits per heavy atom. The molecule has 0 radical (unpaired) electrons. The molecule has 0 unspecified atom stereocenters. The number of halogens is 1. The topological polar surface area (TPSA) is 55.6 Å². The minimum absolute atomic E-state index is 0.0473. The van der Waals surface area contributed by atoms with Gasteiger partial charge in [-0.3, -0.25) is 4.31 Å². The van der Waals surface area contributed by atoms with E-state index in [0.717, 1.165) is 17.5 Å². The van der Waals surface area contributed by atoms with Crippen molar-refractivity contribution in [3.05, 3.63) is 59.9 Å². The Hall–Kier alpha value is -2.21. The first-order valence-electron chi connectivity index (χ1n) is 6.23. The van der Waals surface area contributed by atoms with Gasteiger partial charge in [0.1, 0.15) is 12.4 Å². The van der Waals surface area contributed by atoms with Crippen LogP contribution in [-0.2, 0) is 11.3 Å². The quantitative estimate of drug-likeness (QED) is 0.691. The highest BCUT2D eigenvalue weighted by Gasteiger charge is 2.12. The van der Waals surface area contributed by atoms with Crippen molar-refractivity contribution >= 4 is 23.7 Å². The molecule has 21 heavy (non-hydrogen) atoms. The number of hydrogen-bond acceptors (Lipinski definition) is 4. The SMILES string of the molecule is CN(Sc1ccc(F)c(N)c1)C(=O)OCc1ccccc1. The Labute approximate surface area is 126 Å². The van der Waals surface area contributed by atoms with Crippen LogP contribution in [-0.4, -0.2) is 17.4 Å². The summed E-state index contributed by atoms with van der Waals surface area (Å²) < 4.78 is 19.6. The molecule has 0 aliphatic carbocycles. The maximum absolute atomic E-state index is 13.1. The van der Waals surface area contributed by atoms with Gasteiger partial charge in [-0.05, 0) is 35.7 Å². The lowest BCUT2D eigenvalue weighted by atomic mass is 10.2. The fourth-order valence-corrected chi connectivity index (χ4v) is 2.34. The van der Waals surface area contributed by atoms with Crippen molar-refractivity contribution in [1.29, 1.82) is 0 Å². The smallest absolute Gasteiger partial charge is 0.420 e. The third kappa shape index (κ3) is 4.39. The largest absolute Gasteiger partial charge is 0.444 e. The highest BCUT2D eigenvalue weighted by atomic mass is 32.2. The monoisotopic (exact) mass is 306 g/mol. The predicted molar refractivity (Wildman–Crippen MR) is 81.1 cm³/mol.